The molecule has 0 radical (unpaired) electrons. The van der Waals surface area contributed by atoms with Crippen LogP contribution in [-0.4, -0.2) is 52.4 Å². The van der Waals surface area contributed by atoms with Gasteiger partial charge in [0.15, 0.2) is 23.7 Å². The first-order valence-corrected chi connectivity index (χ1v) is 11.5. The van der Waals surface area contributed by atoms with E-state index in [0.717, 1.165) is 16.7 Å². The van der Waals surface area contributed by atoms with Gasteiger partial charge in [0, 0.05) is 38.3 Å². The molecule has 1 aromatic carbocycles. The summed E-state index contributed by atoms with van der Waals surface area (Å²) in [6.45, 7) is 5.56. The van der Waals surface area contributed by atoms with Gasteiger partial charge in [-0.1, -0.05) is 12.1 Å². The molecule has 0 aliphatic carbocycles. The molecule has 10 heteroatoms. The van der Waals surface area contributed by atoms with Crippen LogP contribution < -0.4 is 4.74 Å². The Morgan fingerprint density at radius 2 is 1.65 bits per heavy atom. The van der Waals surface area contributed by atoms with Crippen molar-refractivity contribution < 1.29 is 33.3 Å². The number of nitrogens with zero attached hydrogens (tertiary/aromatic N) is 2. The van der Waals surface area contributed by atoms with Crippen molar-refractivity contribution in [2.45, 2.75) is 51.4 Å². The zero-order chi connectivity index (χ0) is 24.8. The van der Waals surface area contributed by atoms with E-state index in [4.69, 9.17) is 24.2 Å². The number of aryl methyl sites for hydroxylation is 1. The molecule has 1 fully saturated rings. The van der Waals surface area contributed by atoms with Crippen LogP contribution in [0.2, 0.25) is 0 Å². The van der Waals surface area contributed by atoms with Gasteiger partial charge in [-0.2, -0.15) is 5.26 Å². The molecule has 1 aromatic heterocycles. The SMILES string of the molecule is CC(=O)O[C@@H]1[C@@H](OC(C)=O)[C@H](OC(C)=O)CS[C@H]1Oc1cncc(-c2ccc(C#N)c(C)c2)c1. The third kappa shape index (κ3) is 6.26. The van der Waals surface area contributed by atoms with Gasteiger partial charge in [-0.15, -0.1) is 11.8 Å². The van der Waals surface area contributed by atoms with Crippen LogP contribution in [0.3, 0.4) is 0 Å². The number of hydrogen-bond donors (Lipinski definition) is 0. The number of ether oxygens (including phenoxy) is 4. The van der Waals surface area contributed by atoms with Crippen LogP contribution in [0, 0.1) is 18.3 Å². The van der Waals surface area contributed by atoms with Crippen LogP contribution in [-0.2, 0) is 28.6 Å². The van der Waals surface area contributed by atoms with Gasteiger partial charge < -0.3 is 18.9 Å². The summed E-state index contributed by atoms with van der Waals surface area (Å²) in [5.74, 6) is -1.08. The highest BCUT2D eigenvalue weighted by atomic mass is 32.2. The van der Waals surface area contributed by atoms with E-state index < -0.39 is 41.7 Å². The molecule has 0 unspecified atom stereocenters. The molecule has 4 atom stereocenters. The molecule has 2 heterocycles. The number of benzene rings is 1. The van der Waals surface area contributed by atoms with Gasteiger partial charge in [-0.05, 0) is 30.2 Å². The molecule has 0 amide bonds. The summed E-state index contributed by atoms with van der Waals surface area (Å²) < 4.78 is 22.3. The molecule has 1 aliphatic heterocycles. The second kappa shape index (κ2) is 11.0. The second-order valence-corrected chi connectivity index (χ2v) is 8.80. The number of esters is 3. The van der Waals surface area contributed by atoms with Crippen molar-refractivity contribution in [2.24, 2.45) is 0 Å². The number of rotatable bonds is 6. The molecule has 1 aliphatic rings. The Hall–Kier alpha value is -3.58. The molecule has 0 saturated carbocycles. The van der Waals surface area contributed by atoms with Crippen LogP contribution >= 0.6 is 11.8 Å². The maximum atomic E-state index is 11.8. The van der Waals surface area contributed by atoms with E-state index >= 15 is 0 Å². The molecular formula is C24H24N2O7S. The average Bonchev–Trinajstić information content (AvgIpc) is 2.77. The van der Waals surface area contributed by atoms with Crippen molar-refractivity contribution in [3.05, 3.63) is 47.8 Å². The van der Waals surface area contributed by atoms with E-state index in [1.165, 1.54) is 38.7 Å². The zero-order valence-electron chi connectivity index (χ0n) is 19.1. The fourth-order valence-electron chi connectivity index (χ4n) is 3.55. The first-order chi connectivity index (χ1) is 16.2. The van der Waals surface area contributed by atoms with Crippen molar-refractivity contribution in [3.8, 4) is 22.9 Å². The maximum Gasteiger partial charge on any atom is 0.303 e. The highest BCUT2D eigenvalue weighted by Crippen LogP contribution is 2.35. The van der Waals surface area contributed by atoms with Gasteiger partial charge in [0.2, 0.25) is 0 Å². The number of pyridine rings is 1. The average molecular weight is 485 g/mol. The minimum Gasteiger partial charge on any atom is -0.474 e. The lowest BCUT2D eigenvalue weighted by Crippen LogP contribution is -2.55. The molecule has 0 spiro atoms. The minimum atomic E-state index is -1.03. The predicted molar refractivity (Wildman–Crippen MR) is 123 cm³/mol. The Labute approximate surface area is 201 Å². The molecule has 9 nitrogen and oxygen atoms in total. The van der Waals surface area contributed by atoms with Gasteiger partial charge >= 0.3 is 17.9 Å². The lowest BCUT2D eigenvalue weighted by atomic mass is 10.0. The van der Waals surface area contributed by atoms with Crippen molar-refractivity contribution in [1.29, 1.82) is 5.26 Å². The largest absolute Gasteiger partial charge is 0.474 e. The summed E-state index contributed by atoms with van der Waals surface area (Å²) in [5, 5.41) is 9.16. The van der Waals surface area contributed by atoms with E-state index in [1.807, 2.05) is 19.1 Å². The van der Waals surface area contributed by atoms with E-state index in [-0.39, 0.29) is 5.75 Å². The van der Waals surface area contributed by atoms with Crippen molar-refractivity contribution in [1.82, 2.24) is 4.98 Å². The van der Waals surface area contributed by atoms with Crippen molar-refractivity contribution in [3.63, 3.8) is 0 Å². The van der Waals surface area contributed by atoms with Crippen molar-refractivity contribution in [2.75, 3.05) is 5.75 Å². The molecule has 34 heavy (non-hydrogen) atoms. The molecule has 0 bridgehead atoms. The van der Waals surface area contributed by atoms with E-state index in [2.05, 4.69) is 11.1 Å². The molecular weight excluding hydrogens is 460 g/mol. The first kappa shape index (κ1) is 25.1. The standard InChI is InChI=1S/C24H24N2O7S/c1-13-7-17(5-6-18(13)9-25)19-8-20(11-26-10-19)33-24-23(32-16(4)29)22(31-15(3)28)21(12-34-24)30-14(2)27/h5-8,10-11,21-24H,12H2,1-4H3/t21-,22+,23-,24-/m1/s1. The smallest absolute Gasteiger partial charge is 0.303 e. The number of carbonyl (C=O) groups excluding carboxylic acids is 3. The Morgan fingerprint density at radius 3 is 2.26 bits per heavy atom. The Kier molecular flexibility index (Phi) is 8.12. The second-order valence-electron chi connectivity index (χ2n) is 7.67. The quantitative estimate of drug-likeness (QED) is 0.446. The Balaban J connectivity index is 1.88. The van der Waals surface area contributed by atoms with Gasteiger partial charge in [0.25, 0.3) is 0 Å². The highest BCUT2D eigenvalue weighted by molar-refractivity contribution is 7.99. The normalized spacial score (nSPS) is 21.6. The third-order valence-corrected chi connectivity index (χ3v) is 6.16. The number of carbonyl (C=O) groups is 3. The van der Waals surface area contributed by atoms with Gasteiger partial charge in [0.1, 0.15) is 5.75 Å². The summed E-state index contributed by atoms with van der Waals surface area (Å²) in [7, 11) is 0. The number of thioether (sulfide) groups is 1. The van der Waals surface area contributed by atoms with Gasteiger partial charge in [-0.25, -0.2) is 0 Å². The van der Waals surface area contributed by atoms with Gasteiger partial charge in [0.05, 0.1) is 17.8 Å². The Bertz CT molecular complexity index is 1130. The molecule has 3 rings (SSSR count). The predicted octanol–water partition coefficient (Wildman–Crippen LogP) is 3.18. The van der Waals surface area contributed by atoms with E-state index in [1.54, 1.807) is 18.3 Å². The first-order valence-electron chi connectivity index (χ1n) is 10.4. The summed E-state index contributed by atoms with van der Waals surface area (Å²) in [5.41, 5.74) is 2.30. The van der Waals surface area contributed by atoms with Crippen LogP contribution in [0.4, 0.5) is 0 Å². The third-order valence-electron chi connectivity index (χ3n) is 4.95. The fourth-order valence-corrected chi connectivity index (χ4v) is 4.77. The van der Waals surface area contributed by atoms with Crippen LogP contribution in [0.15, 0.2) is 36.7 Å². The molecule has 0 N–H and O–H groups in total. The maximum absolute atomic E-state index is 11.8. The summed E-state index contributed by atoms with van der Waals surface area (Å²) in [6.07, 6.45) is 0.328. The monoisotopic (exact) mass is 484 g/mol. The number of nitriles is 1. The lowest BCUT2D eigenvalue weighted by molar-refractivity contribution is -0.186. The Morgan fingerprint density at radius 1 is 0.971 bits per heavy atom. The van der Waals surface area contributed by atoms with Crippen molar-refractivity contribution >= 4 is 29.7 Å². The zero-order valence-corrected chi connectivity index (χ0v) is 20.0. The fraction of sp³-hybridized carbons (Fsp3) is 0.375. The summed E-state index contributed by atoms with van der Waals surface area (Å²) >= 11 is 1.27. The van der Waals surface area contributed by atoms with Crippen LogP contribution in [0.1, 0.15) is 31.9 Å². The van der Waals surface area contributed by atoms with Crippen LogP contribution in [0.5, 0.6) is 5.75 Å². The molecule has 178 valence electrons. The lowest BCUT2D eigenvalue weighted by Gasteiger charge is -2.39. The molecule has 2 aromatic rings. The number of aromatic nitrogens is 1. The van der Waals surface area contributed by atoms with E-state index in [9.17, 15) is 14.4 Å². The minimum absolute atomic E-state index is 0.266. The van der Waals surface area contributed by atoms with Gasteiger partial charge in [-0.3, -0.25) is 19.4 Å². The topological polar surface area (TPSA) is 125 Å². The summed E-state index contributed by atoms with van der Waals surface area (Å²) in [6, 6.07) is 9.37. The van der Waals surface area contributed by atoms with E-state index in [0.29, 0.717) is 11.3 Å². The number of hydrogen-bond acceptors (Lipinski definition) is 10. The highest BCUT2D eigenvalue weighted by Gasteiger charge is 2.47. The van der Waals surface area contributed by atoms with Crippen LogP contribution in [0.25, 0.3) is 11.1 Å². The summed E-state index contributed by atoms with van der Waals surface area (Å²) in [4.78, 5) is 39.3. The molecule has 1 saturated heterocycles.